The lowest BCUT2D eigenvalue weighted by molar-refractivity contribution is -0.138. The average molecular weight is 229 g/mol. The molecule has 5 nitrogen and oxygen atoms in total. The van der Waals surface area contributed by atoms with Crippen molar-refractivity contribution in [3.63, 3.8) is 0 Å². The van der Waals surface area contributed by atoms with Gasteiger partial charge in [-0.15, -0.1) is 0 Å². The third-order valence-electron chi connectivity index (χ3n) is 2.83. The van der Waals surface area contributed by atoms with Crippen molar-refractivity contribution in [2.24, 2.45) is 5.92 Å². The van der Waals surface area contributed by atoms with Crippen molar-refractivity contribution in [3.8, 4) is 0 Å². The lowest BCUT2D eigenvalue weighted by Crippen LogP contribution is -2.37. The second-order valence-electron chi connectivity index (χ2n) is 4.12. The fourth-order valence-corrected chi connectivity index (χ4v) is 1.75. The highest BCUT2D eigenvalue weighted by atomic mass is 16.5. The van der Waals surface area contributed by atoms with E-state index in [0.717, 1.165) is 19.3 Å². The van der Waals surface area contributed by atoms with Crippen molar-refractivity contribution in [1.29, 1.82) is 0 Å². The van der Waals surface area contributed by atoms with Crippen molar-refractivity contribution in [1.82, 2.24) is 5.32 Å². The first-order valence-corrected chi connectivity index (χ1v) is 5.74. The fraction of sp³-hybridized carbons (Fsp3) is 0.818. The van der Waals surface area contributed by atoms with Crippen LogP contribution >= 0.6 is 0 Å². The van der Waals surface area contributed by atoms with E-state index < -0.39 is 5.97 Å². The van der Waals surface area contributed by atoms with Gasteiger partial charge in [0.1, 0.15) is 6.10 Å². The molecule has 1 amide bonds. The van der Waals surface area contributed by atoms with Gasteiger partial charge in [0.2, 0.25) is 5.91 Å². The van der Waals surface area contributed by atoms with Gasteiger partial charge >= 0.3 is 5.97 Å². The van der Waals surface area contributed by atoms with E-state index in [9.17, 15) is 9.59 Å². The highest BCUT2D eigenvalue weighted by Crippen LogP contribution is 2.12. The largest absolute Gasteiger partial charge is 0.481 e. The van der Waals surface area contributed by atoms with Gasteiger partial charge in [0.25, 0.3) is 0 Å². The van der Waals surface area contributed by atoms with E-state index >= 15 is 0 Å². The van der Waals surface area contributed by atoms with Crippen LogP contribution in [0.25, 0.3) is 0 Å². The van der Waals surface area contributed by atoms with Crippen LogP contribution in [0.3, 0.4) is 0 Å². The molecule has 0 spiro atoms. The highest BCUT2D eigenvalue weighted by molar-refractivity contribution is 5.81. The summed E-state index contributed by atoms with van der Waals surface area (Å²) < 4.78 is 5.23. The molecular weight excluding hydrogens is 210 g/mol. The highest BCUT2D eigenvalue weighted by Gasteiger charge is 2.24. The number of carbonyl (C=O) groups excluding carboxylic acids is 1. The molecule has 1 aliphatic rings. The quantitative estimate of drug-likeness (QED) is 0.705. The van der Waals surface area contributed by atoms with Gasteiger partial charge in [0.05, 0.1) is 0 Å². The first-order chi connectivity index (χ1) is 7.63. The maximum atomic E-state index is 11.6. The summed E-state index contributed by atoms with van der Waals surface area (Å²) in [6.45, 7) is 2.98. The van der Waals surface area contributed by atoms with Crippen molar-refractivity contribution in [2.75, 3.05) is 13.2 Å². The Hall–Kier alpha value is -1.10. The van der Waals surface area contributed by atoms with E-state index in [1.54, 1.807) is 0 Å². The van der Waals surface area contributed by atoms with E-state index in [-0.39, 0.29) is 24.3 Å². The smallest absolute Gasteiger partial charge is 0.303 e. The molecule has 1 unspecified atom stereocenters. The number of ether oxygens (including phenoxy) is 1. The molecule has 1 rings (SSSR count). The average Bonchev–Trinajstić information content (AvgIpc) is 2.76. The van der Waals surface area contributed by atoms with Crippen LogP contribution in [0.1, 0.15) is 32.6 Å². The Balaban J connectivity index is 2.25. The van der Waals surface area contributed by atoms with Crippen molar-refractivity contribution < 1.29 is 19.4 Å². The summed E-state index contributed by atoms with van der Waals surface area (Å²) in [5.74, 6) is -0.928. The van der Waals surface area contributed by atoms with Gasteiger partial charge in [-0.1, -0.05) is 13.3 Å². The summed E-state index contributed by atoms with van der Waals surface area (Å²) in [7, 11) is 0. The van der Waals surface area contributed by atoms with Gasteiger partial charge in [-0.2, -0.15) is 0 Å². The van der Waals surface area contributed by atoms with Crippen LogP contribution in [0.4, 0.5) is 0 Å². The van der Waals surface area contributed by atoms with Crippen LogP contribution in [0.2, 0.25) is 0 Å². The minimum absolute atomic E-state index is 0.00264. The molecule has 0 aliphatic carbocycles. The molecular formula is C11H19NO4. The molecule has 1 heterocycles. The summed E-state index contributed by atoms with van der Waals surface area (Å²) >= 11 is 0. The molecule has 0 aromatic heterocycles. The number of hydrogen-bond acceptors (Lipinski definition) is 3. The number of nitrogens with one attached hydrogen (secondary N) is 1. The van der Waals surface area contributed by atoms with Crippen LogP contribution in [0, 0.1) is 5.92 Å². The summed E-state index contributed by atoms with van der Waals surface area (Å²) in [5.41, 5.74) is 0. The third-order valence-corrected chi connectivity index (χ3v) is 2.83. The summed E-state index contributed by atoms with van der Waals surface area (Å²) in [6, 6.07) is 0. The zero-order chi connectivity index (χ0) is 12.0. The number of aliphatic carboxylic acids is 1. The summed E-state index contributed by atoms with van der Waals surface area (Å²) in [4.78, 5) is 22.1. The number of carbonyl (C=O) groups is 2. The first kappa shape index (κ1) is 13.0. The van der Waals surface area contributed by atoms with E-state index in [2.05, 4.69) is 5.32 Å². The van der Waals surface area contributed by atoms with Crippen LogP contribution in [-0.2, 0) is 14.3 Å². The first-order valence-electron chi connectivity index (χ1n) is 5.74. The summed E-state index contributed by atoms with van der Waals surface area (Å²) in [6.07, 6.45) is 2.20. The number of carboxylic acids is 1. The predicted octanol–water partition coefficient (Wildman–Crippen LogP) is 0.782. The predicted molar refractivity (Wildman–Crippen MR) is 58.0 cm³/mol. The van der Waals surface area contributed by atoms with E-state index in [1.165, 1.54) is 0 Å². The Morgan fingerprint density at radius 1 is 1.56 bits per heavy atom. The van der Waals surface area contributed by atoms with E-state index in [0.29, 0.717) is 13.2 Å². The second kappa shape index (κ2) is 6.48. The Labute approximate surface area is 95.2 Å². The lowest BCUT2D eigenvalue weighted by atomic mass is 10.0. The van der Waals surface area contributed by atoms with Gasteiger partial charge in [0, 0.05) is 19.6 Å². The SMILES string of the molecule is CCC(CNC(=O)[C@@H]1CCCO1)CC(=O)O. The zero-order valence-electron chi connectivity index (χ0n) is 9.57. The monoisotopic (exact) mass is 229 g/mol. The molecule has 2 N–H and O–H groups in total. The van der Waals surface area contributed by atoms with Gasteiger partial charge in [0.15, 0.2) is 0 Å². The number of hydrogen-bond donors (Lipinski definition) is 2. The van der Waals surface area contributed by atoms with Crippen molar-refractivity contribution in [2.45, 2.75) is 38.7 Å². The van der Waals surface area contributed by atoms with E-state index in [1.807, 2.05) is 6.92 Å². The molecule has 92 valence electrons. The van der Waals surface area contributed by atoms with Gasteiger partial charge in [-0.25, -0.2) is 0 Å². The molecule has 1 fully saturated rings. The maximum Gasteiger partial charge on any atom is 0.303 e. The standard InChI is InChI=1S/C11H19NO4/c1-2-8(6-10(13)14)7-12-11(15)9-4-3-5-16-9/h8-9H,2-7H2,1H3,(H,12,15)(H,13,14)/t8?,9-/m0/s1. The molecule has 2 atom stereocenters. The lowest BCUT2D eigenvalue weighted by Gasteiger charge is -2.15. The Morgan fingerprint density at radius 2 is 2.31 bits per heavy atom. The molecule has 1 saturated heterocycles. The third kappa shape index (κ3) is 4.18. The zero-order valence-corrected chi connectivity index (χ0v) is 9.57. The molecule has 5 heteroatoms. The topological polar surface area (TPSA) is 75.6 Å². The van der Waals surface area contributed by atoms with Crippen LogP contribution in [0.5, 0.6) is 0 Å². The van der Waals surface area contributed by atoms with Gasteiger partial charge in [-0.3, -0.25) is 9.59 Å². The molecule has 0 aromatic rings. The molecule has 16 heavy (non-hydrogen) atoms. The molecule has 0 saturated carbocycles. The number of rotatable bonds is 6. The second-order valence-corrected chi connectivity index (χ2v) is 4.12. The molecule has 0 radical (unpaired) electrons. The van der Waals surface area contributed by atoms with Gasteiger partial charge in [-0.05, 0) is 18.8 Å². The van der Waals surface area contributed by atoms with Crippen molar-refractivity contribution in [3.05, 3.63) is 0 Å². The Bertz CT molecular complexity index is 248. The number of amides is 1. The number of carboxylic acid groups (broad SMARTS) is 1. The maximum absolute atomic E-state index is 11.6. The van der Waals surface area contributed by atoms with Crippen LogP contribution in [0.15, 0.2) is 0 Å². The van der Waals surface area contributed by atoms with E-state index in [4.69, 9.17) is 9.84 Å². The summed E-state index contributed by atoms with van der Waals surface area (Å²) in [5, 5.41) is 11.4. The van der Waals surface area contributed by atoms with Gasteiger partial charge < -0.3 is 15.2 Å². The van der Waals surface area contributed by atoms with Crippen molar-refractivity contribution >= 4 is 11.9 Å². The fourth-order valence-electron chi connectivity index (χ4n) is 1.75. The molecule has 0 aromatic carbocycles. The van der Waals surface area contributed by atoms with Crippen LogP contribution in [-0.4, -0.2) is 36.2 Å². The Morgan fingerprint density at radius 3 is 2.81 bits per heavy atom. The normalized spacial score (nSPS) is 21.7. The molecule has 0 bridgehead atoms. The minimum Gasteiger partial charge on any atom is -0.481 e. The Kier molecular flexibility index (Phi) is 5.25. The minimum atomic E-state index is -0.821. The van der Waals surface area contributed by atoms with Crippen LogP contribution < -0.4 is 5.32 Å². The molecule has 1 aliphatic heterocycles.